The molecule has 1 aliphatic carbocycles. The van der Waals surface area contributed by atoms with Gasteiger partial charge in [0.1, 0.15) is 6.54 Å². The molecular formula is C10H15N3O. The molecule has 0 bridgehead atoms. The van der Waals surface area contributed by atoms with E-state index in [1.54, 1.807) is 11.7 Å². The lowest BCUT2D eigenvalue weighted by atomic mass is 9.99. The highest BCUT2D eigenvalue weighted by atomic mass is 16.1. The molecule has 1 aliphatic rings. The van der Waals surface area contributed by atoms with Gasteiger partial charge in [0.05, 0.1) is 5.69 Å². The number of nitrogens with one attached hydrogen (secondary N) is 1. The average Bonchev–Trinajstić information content (AvgIpc) is 2.59. The molecule has 76 valence electrons. The van der Waals surface area contributed by atoms with Crippen molar-refractivity contribution in [2.45, 2.75) is 32.2 Å². The van der Waals surface area contributed by atoms with Gasteiger partial charge in [-0.25, -0.2) is 0 Å². The normalized spacial score (nSPS) is 14.9. The first-order chi connectivity index (χ1) is 6.79. The fraction of sp³-hybridized carbons (Fsp3) is 0.600. The molecule has 4 heteroatoms. The topological polar surface area (TPSA) is 46.9 Å². The zero-order valence-electron chi connectivity index (χ0n) is 8.42. The summed E-state index contributed by atoms with van der Waals surface area (Å²) >= 11 is 0. The Hall–Kier alpha value is -1.32. The number of hydrogen-bond acceptors (Lipinski definition) is 2. The Morgan fingerprint density at radius 3 is 3.07 bits per heavy atom. The lowest BCUT2D eigenvalue weighted by molar-refractivity contribution is -0.121. The molecule has 0 atom stereocenters. The molecule has 1 aromatic heterocycles. The SMILES string of the molecule is CNC(=O)Cn1cc2c(n1)CCCC2. The maximum Gasteiger partial charge on any atom is 0.241 e. The third-order valence-corrected chi connectivity index (χ3v) is 2.62. The van der Waals surface area contributed by atoms with Crippen LogP contribution in [-0.4, -0.2) is 22.7 Å². The van der Waals surface area contributed by atoms with Crippen LogP contribution in [0.5, 0.6) is 0 Å². The molecule has 0 aliphatic heterocycles. The second-order valence-corrected chi connectivity index (χ2v) is 3.68. The highest BCUT2D eigenvalue weighted by Crippen LogP contribution is 2.19. The summed E-state index contributed by atoms with van der Waals surface area (Å²) in [7, 11) is 1.64. The first-order valence-corrected chi connectivity index (χ1v) is 5.05. The number of hydrogen-bond donors (Lipinski definition) is 1. The Kier molecular flexibility index (Phi) is 2.52. The number of aromatic nitrogens is 2. The average molecular weight is 193 g/mol. The molecule has 1 N–H and O–H groups in total. The van der Waals surface area contributed by atoms with Gasteiger partial charge in [-0.05, 0) is 31.2 Å². The minimum absolute atomic E-state index is 0.00449. The molecule has 1 heterocycles. The maximum atomic E-state index is 11.1. The Morgan fingerprint density at radius 1 is 1.57 bits per heavy atom. The summed E-state index contributed by atoms with van der Waals surface area (Å²) in [4.78, 5) is 11.1. The molecule has 14 heavy (non-hydrogen) atoms. The van der Waals surface area contributed by atoms with Crippen molar-refractivity contribution in [1.29, 1.82) is 0 Å². The lowest BCUT2D eigenvalue weighted by Gasteiger charge is -2.06. The highest BCUT2D eigenvalue weighted by molar-refractivity contribution is 5.75. The summed E-state index contributed by atoms with van der Waals surface area (Å²) in [5.41, 5.74) is 2.50. The van der Waals surface area contributed by atoms with Crippen molar-refractivity contribution < 1.29 is 4.79 Å². The van der Waals surface area contributed by atoms with Gasteiger partial charge in [-0.15, -0.1) is 0 Å². The zero-order chi connectivity index (χ0) is 9.97. The van der Waals surface area contributed by atoms with E-state index in [9.17, 15) is 4.79 Å². The molecule has 0 fully saturated rings. The summed E-state index contributed by atoms with van der Waals surface area (Å²) in [5, 5.41) is 6.99. The summed E-state index contributed by atoms with van der Waals surface area (Å²) in [6.45, 7) is 0.337. The third-order valence-electron chi connectivity index (χ3n) is 2.62. The van der Waals surface area contributed by atoms with Crippen molar-refractivity contribution in [3.05, 3.63) is 17.5 Å². The van der Waals surface area contributed by atoms with E-state index in [0.29, 0.717) is 6.54 Å². The maximum absolute atomic E-state index is 11.1. The molecule has 0 unspecified atom stereocenters. The molecule has 4 nitrogen and oxygen atoms in total. The second kappa shape index (κ2) is 3.82. The van der Waals surface area contributed by atoms with Crippen LogP contribution in [0.25, 0.3) is 0 Å². The lowest BCUT2D eigenvalue weighted by Crippen LogP contribution is -2.23. The highest BCUT2D eigenvalue weighted by Gasteiger charge is 2.13. The van der Waals surface area contributed by atoms with Crippen LogP contribution in [-0.2, 0) is 24.2 Å². The largest absolute Gasteiger partial charge is 0.358 e. The van der Waals surface area contributed by atoms with Crippen molar-refractivity contribution in [1.82, 2.24) is 15.1 Å². The van der Waals surface area contributed by atoms with Gasteiger partial charge in [0.15, 0.2) is 0 Å². The van der Waals surface area contributed by atoms with Crippen LogP contribution < -0.4 is 5.32 Å². The minimum Gasteiger partial charge on any atom is -0.358 e. The fourth-order valence-corrected chi connectivity index (χ4v) is 1.84. The summed E-state index contributed by atoms with van der Waals surface area (Å²) in [6, 6.07) is 0. The van der Waals surface area contributed by atoms with Crippen LogP contribution in [0, 0.1) is 0 Å². The number of amides is 1. The summed E-state index contributed by atoms with van der Waals surface area (Å²) in [5.74, 6) is 0.00449. The van der Waals surface area contributed by atoms with Crippen molar-refractivity contribution in [3.8, 4) is 0 Å². The van der Waals surface area contributed by atoms with Gasteiger partial charge in [0.25, 0.3) is 0 Å². The van der Waals surface area contributed by atoms with E-state index >= 15 is 0 Å². The van der Waals surface area contributed by atoms with Gasteiger partial charge in [-0.3, -0.25) is 9.48 Å². The van der Waals surface area contributed by atoms with Gasteiger partial charge in [0.2, 0.25) is 5.91 Å². The van der Waals surface area contributed by atoms with Crippen molar-refractivity contribution in [2.24, 2.45) is 0 Å². The standard InChI is InChI=1S/C10H15N3O/c1-11-10(14)7-13-6-8-4-2-3-5-9(8)12-13/h6H,2-5,7H2,1H3,(H,11,14). The van der Waals surface area contributed by atoms with E-state index in [0.717, 1.165) is 12.8 Å². The Labute approximate surface area is 83.3 Å². The zero-order valence-corrected chi connectivity index (χ0v) is 8.42. The third kappa shape index (κ3) is 1.78. The number of rotatable bonds is 2. The molecular weight excluding hydrogens is 178 g/mol. The number of nitrogens with zero attached hydrogens (tertiary/aromatic N) is 2. The minimum atomic E-state index is 0.00449. The molecule has 2 rings (SSSR count). The van der Waals surface area contributed by atoms with E-state index in [1.807, 2.05) is 6.20 Å². The van der Waals surface area contributed by atoms with Crippen LogP contribution in [0.1, 0.15) is 24.1 Å². The number of likely N-dealkylation sites (N-methyl/N-ethyl adjacent to an activating group) is 1. The predicted molar refractivity (Wildman–Crippen MR) is 52.9 cm³/mol. The van der Waals surface area contributed by atoms with Gasteiger partial charge >= 0.3 is 0 Å². The predicted octanol–water partition coefficient (Wildman–Crippen LogP) is 0.508. The molecule has 0 saturated carbocycles. The van der Waals surface area contributed by atoms with E-state index in [-0.39, 0.29) is 5.91 Å². The Morgan fingerprint density at radius 2 is 2.36 bits per heavy atom. The van der Waals surface area contributed by atoms with Crippen LogP contribution in [0.15, 0.2) is 6.20 Å². The quantitative estimate of drug-likeness (QED) is 0.743. The van der Waals surface area contributed by atoms with Crippen LogP contribution in [0.3, 0.4) is 0 Å². The van der Waals surface area contributed by atoms with Crippen LogP contribution >= 0.6 is 0 Å². The monoisotopic (exact) mass is 193 g/mol. The summed E-state index contributed by atoms with van der Waals surface area (Å²) in [6.07, 6.45) is 6.66. The molecule has 1 amide bonds. The van der Waals surface area contributed by atoms with Gasteiger partial charge < -0.3 is 5.32 Å². The molecule has 0 radical (unpaired) electrons. The van der Waals surface area contributed by atoms with Crippen molar-refractivity contribution in [3.63, 3.8) is 0 Å². The second-order valence-electron chi connectivity index (χ2n) is 3.68. The number of carbonyl (C=O) groups excluding carboxylic acids is 1. The fourth-order valence-electron chi connectivity index (χ4n) is 1.84. The molecule has 0 aromatic carbocycles. The smallest absolute Gasteiger partial charge is 0.241 e. The van der Waals surface area contributed by atoms with Crippen molar-refractivity contribution in [2.75, 3.05) is 7.05 Å². The first-order valence-electron chi connectivity index (χ1n) is 5.05. The molecule has 1 aromatic rings. The van der Waals surface area contributed by atoms with Gasteiger partial charge in [-0.1, -0.05) is 0 Å². The van der Waals surface area contributed by atoms with Gasteiger partial charge in [0, 0.05) is 13.2 Å². The number of carbonyl (C=O) groups is 1. The number of fused-ring (bicyclic) bond motifs is 1. The van der Waals surface area contributed by atoms with E-state index in [4.69, 9.17) is 0 Å². The Bertz CT molecular complexity index is 320. The van der Waals surface area contributed by atoms with Crippen LogP contribution in [0.4, 0.5) is 0 Å². The Balaban J connectivity index is 2.12. The molecule has 0 spiro atoms. The first kappa shape index (κ1) is 9.24. The molecule has 0 saturated heterocycles. The van der Waals surface area contributed by atoms with E-state index in [2.05, 4.69) is 10.4 Å². The number of aryl methyl sites for hydroxylation is 2. The van der Waals surface area contributed by atoms with E-state index in [1.165, 1.54) is 24.1 Å². The summed E-state index contributed by atoms with van der Waals surface area (Å²) < 4.78 is 1.74. The van der Waals surface area contributed by atoms with Crippen molar-refractivity contribution >= 4 is 5.91 Å². The van der Waals surface area contributed by atoms with Gasteiger partial charge in [-0.2, -0.15) is 5.10 Å². The van der Waals surface area contributed by atoms with Crippen LogP contribution in [0.2, 0.25) is 0 Å². The van der Waals surface area contributed by atoms with E-state index < -0.39 is 0 Å².